The maximum absolute atomic E-state index is 11.1. The van der Waals surface area contributed by atoms with Crippen molar-refractivity contribution in [3.8, 4) is 0 Å². The molecule has 0 saturated carbocycles. The lowest BCUT2D eigenvalue weighted by molar-refractivity contribution is -0.120. The second-order valence-electron chi connectivity index (χ2n) is 4.91. The summed E-state index contributed by atoms with van der Waals surface area (Å²) in [4.78, 5) is 13.5. The van der Waals surface area contributed by atoms with Crippen molar-refractivity contribution in [3.63, 3.8) is 0 Å². The Hall–Kier alpha value is -0.570. The minimum atomic E-state index is 0.0886. The zero-order chi connectivity index (χ0) is 11.3. The summed E-state index contributed by atoms with van der Waals surface area (Å²) in [6.45, 7) is 9.35. The molecular weight excluding hydrogens is 188 g/mol. The first-order chi connectivity index (χ1) is 7.09. The Morgan fingerprint density at radius 1 is 1.27 bits per heavy atom. The molecule has 88 valence electrons. The number of piperidine rings is 1. The van der Waals surface area contributed by atoms with Crippen LogP contribution in [0.2, 0.25) is 0 Å². The Balaban J connectivity index is 2.38. The number of hydrogen-bond acceptors (Lipinski definition) is 2. The summed E-state index contributed by atoms with van der Waals surface area (Å²) in [7, 11) is 0. The molecule has 0 radical (unpaired) electrons. The van der Waals surface area contributed by atoms with Crippen LogP contribution in [0.4, 0.5) is 0 Å². The number of likely N-dealkylation sites (tertiary alicyclic amines) is 1. The lowest BCUT2D eigenvalue weighted by Crippen LogP contribution is -2.47. The first-order valence-corrected chi connectivity index (χ1v) is 6.09. The lowest BCUT2D eigenvalue weighted by atomic mass is 10.0. The summed E-state index contributed by atoms with van der Waals surface area (Å²) >= 11 is 0. The van der Waals surface area contributed by atoms with E-state index in [0.717, 1.165) is 6.54 Å². The van der Waals surface area contributed by atoms with Gasteiger partial charge in [-0.2, -0.15) is 0 Å². The van der Waals surface area contributed by atoms with E-state index in [-0.39, 0.29) is 5.91 Å². The predicted octanol–water partition coefficient (Wildman–Crippen LogP) is 1.63. The molecule has 15 heavy (non-hydrogen) atoms. The van der Waals surface area contributed by atoms with E-state index in [1.54, 1.807) is 6.92 Å². The number of rotatable bonds is 4. The molecule has 0 unspecified atom stereocenters. The van der Waals surface area contributed by atoms with E-state index in [9.17, 15) is 4.79 Å². The first kappa shape index (κ1) is 12.5. The highest BCUT2D eigenvalue weighted by Gasteiger charge is 2.19. The molecule has 0 aromatic rings. The van der Waals surface area contributed by atoms with Gasteiger partial charge >= 0.3 is 0 Å². The molecule has 0 spiro atoms. The van der Waals surface area contributed by atoms with Gasteiger partial charge in [-0.05, 0) is 31.8 Å². The highest BCUT2D eigenvalue weighted by molar-refractivity contribution is 5.73. The maximum Gasteiger partial charge on any atom is 0.217 e. The Bertz CT molecular complexity index is 198. The summed E-state index contributed by atoms with van der Waals surface area (Å²) in [5.41, 5.74) is 0. The van der Waals surface area contributed by atoms with Gasteiger partial charge in [-0.3, -0.25) is 4.79 Å². The summed E-state index contributed by atoms with van der Waals surface area (Å²) < 4.78 is 0. The van der Waals surface area contributed by atoms with Gasteiger partial charge in [0.2, 0.25) is 5.91 Å². The monoisotopic (exact) mass is 212 g/mol. The Kier molecular flexibility index (Phi) is 5.09. The SMILES string of the molecule is CC(=O)N[C@H](CN1CCCCC1)C(C)C. The number of nitrogens with zero attached hydrogens (tertiary/aromatic N) is 1. The first-order valence-electron chi connectivity index (χ1n) is 6.09. The van der Waals surface area contributed by atoms with E-state index < -0.39 is 0 Å². The fourth-order valence-corrected chi connectivity index (χ4v) is 2.10. The van der Waals surface area contributed by atoms with Crippen molar-refractivity contribution in [1.82, 2.24) is 10.2 Å². The third kappa shape index (κ3) is 4.65. The Morgan fingerprint density at radius 2 is 1.87 bits per heavy atom. The van der Waals surface area contributed by atoms with Gasteiger partial charge < -0.3 is 10.2 Å². The Labute approximate surface area is 93.2 Å². The zero-order valence-electron chi connectivity index (χ0n) is 10.3. The fourth-order valence-electron chi connectivity index (χ4n) is 2.10. The number of amides is 1. The van der Waals surface area contributed by atoms with Gasteiger partial charge in [0.25, 0.3) is 0 Å². The van der Waals surface area contributed by atoms with Gasteiger partial charge in [-0.25, -0.2) is 0 Å². The molecule has 1 N–H and O–H groups in total. The third-order valence-corrected chi connectivity index (χ3v) is 3.10. The summed E-state index contributed by atoms with van der Waals surface area (Å²) in [6, 6.07) is 0.306. The van der Waals surface area contributed by atoms with E-state index in [4.69, 9.17) is 0 Å². The highest BCUT2D eigenvalue weighted by Crippen LogP contribution is 2.11. The van der Waals surface area contributed by atoms with Gasteiger partial charge in [0, 0.05) is 19.5 Å². The topological polar surface area (TPSA) is 32.3 Å². The molecule has 0 aliphatic carbocycles. The molecule has 0 aromatic heterocycles. The minimum absolute atomic E-state index is 0.0886. The van der Waals surface area contributed by atoms with Crippen molar-refractivity contribution >= 4 is 5.91 Å². The lowest BCUT2D eigenvalue weighted by Gasteiger charge is -2.32. The average molecular weight is 212 g/mol. The second kappa shape index (κ2) is 6.11. The van der Waals surface area contributed by atoms with Crippen molar-refractivity contribution < 1.29 is 4.79 Å². The van der Waals surface area contributed by atoms with Gasteiger partial charge in [-0.1, -0.05) is 20.3 Å². The van der Waals surface area contributed by atoms with Crippen LogP contribution < -0.4 is 5.32 Å². The van der Waals surface area contributed by atoms with Crippen LogP contribution >= 0.6 is 0 Å². The highest BCUT2D eigenvalue weighted by atomic mass is 16.1. The van der Waals surface area contributed by atoms with E-state index >= 15 is 0 Å². The number of nitrogens with one attached hydrogen (secondary N) is 1. The van der Waals surface area contributed by atoms with Crippen molar-refractivity contribution in [2.45, 2.75) is 46.1 Å². The number of carbonyl (C=O) groups excluding carboxylic acids is 1. The average Bonchev–Trinajstić information content (AvgIpc) is 2.17. The van der Waals surface area contributed by atoms with Crippen LogP contribution in [0.5, 0.6) is 0 Å². The van der Waals surface area contributed by atoms with Gasteiger partial charge in [0.15, 0.2) is 0 Å². The van der Waals surface area contributed by atoms with Crippen LogP contribution in [-0.4, -0.2) is 36.5 Å². The molecule has 1 heterocycles. The molecule has 1 amide bonds. The number of carbonyl (C=O) groups is 1. The van der Waals surface area contributed by atoms with Crippen LogP contribution in [0.3, 0.4) is 0 Å². The minimum Gasteiger partial charge on any atom is -0.352 e. The van der Waals surface area contributed by atoms with Crippen LogP contribution in [0.15, 0.2) is 0 Å². The molecule has 1 fully saturated rings. The Morgan fingerprint density at radius 3 is 2.33 bits per heavy atom. The largest absolute Gasteiger partial charge is 0.352 e. The summed E-state index contributed by atoms with van der Waals surface area (Å²) in [5, 5.41) is 3.05. The molecule has 0 aromatic carbocycles. The van der Waals surface area contributed by atoms with Crippen molar-refractivity contribution in [3.05, 3.63) is 0 Å². The molecular formula is C12H24N2O. The summed E-state index contributed by atoms with van der Waals surface area (Å²) in [6.07, 6.45) is 3.98. The fraction of sp³-hybridized carbons (Fsp3) is 0.917. The van der Waals surface area contributed by atoms with Crippen LogP contribution in [0.1, 0.15) is 40.0 Å². The van der Waals surface area contributed by atoms with Crippen LogP contribution in [0, 0.1) is 5.92 Å². The third-order valence-electron chi connectivity index (χ3n) is 3.10. The molecule has 0 bridgehead atoms. The maximum atomic E-state index is 11.1. The van der Waals surface area contributed by atoms with E-state index in [0.29, 0.717) is 12.0 Å². The smallest absolute Gasteiger partial charge is 0.217 e. The van der Waals surface area contributed by atoms with Crippen LogP contribution in [-0.2, 0) is 4.79 Å². The van der Waals surface area contributed by atoms with Crippen LogP contribution in [0.25, 0.3) is 0 Å². The normalized spacial score (nSPS) is 20.3. The molecule has 1 aliphatic heterocycles. The molecule has 1 aliphatic rings. The molecule has 1 rings (SSSR count). The quantitative estimate of drug-likeness (QED) is 0.768. The predicted molar refractivity (Wildman–Crippen MR) is 62.7 cm³/mol. The zero-order valence-corrected chi connectivity index (χ0v) is 10.3. The van der Waals surface area contributed by atoms with E-state index in [1.165, 1.54) is 32.4 Å². The standard InChI is InChI=1S/C12H24N2O/c1-10(2)12(13-11(3)15)9-14-7-5-4-6-8-14/h10,12H,4-9H2,1-3H3,(H,13,15)/t12-/m1/s1. The molecule has 3 heteroatoms. The molecule has 3 nitrogen and oxygen atoms in total. The van der Waals surface area contributed by atoms with Crippen molar-refractivity contribution in [2.24, 2.45) is 5.92 Å². The van der Waals surface area contributed by atoms with Gasteiger partial charge in [0.05, 0.1) is 0 Å². The number of hydrogen-bond donors (Lipinski definition) is 1. The second-order valence-corrected chi connectivity index (χ2v) is 4.91. The molecule has 1 atom stereocenters. The van der Waals surface area contributed by atoms with E-state index in [1.807, 2.05) is 0 Å². The molecule has 1 saturated heterocycles. The van der Waals surface area contributed by atoms with Gasteiger partial charge in [0.1, 0.15) is 0 Å². The van der Waals surface area contributed by atoms with E-state index in [2.05, 4.69) is 24.1 Å². The van der Waals surface area contributed by atoms with Crippen molar-refractivity contribution in [1.29, 1.82) is 0 Å². The van der Waals surface area contributed by atoms with Crippen molar-refractivity contribution in [2.75, 3.05) is 19.6 Å². The summed E-state index contributed by atoms with van der Waals surface area (Å²) in [5.74, 6) is 0.599. The van der Waals surface area contributed by atoms with Gasteiger partial charge in [-0.15, -0.1) is 0 Å².